The second kappa shape index (κ2) is 5.58. The molecule has 8 heteroatoms. The molecule has 0 amide bonds. The number of hydrogen-bond acceptors (Lipinski definition) is 4. The Morgan fingerprint density at radius 3 is 3.04 bits per heavy atom. The van der Waals surface area contributed by atoms with E-state index in [0.29, 0.717) is 17.7 Å². The summed E-state index contributed by atoms with van der Waals surface area (Å²) in [6, 6.07) is 3.67. The summed E-state index contributed by atoms with van der Waals surface area (Å²) < 4.78 is 2.47. The average molecular weight is 440 g/mol. The highest BCUT2D eigenvalue weighted by Gasteiger charge is 2.69. The molecule has 6 nitrogen and oxygen atoms in total. The third-order valence-corrected chi connectivity index (χ3v) is 7.95. The molecule has 4 fully saturated rings. The van der Waals surface area contributed by atoms with Crippen molar-refractivity contribution in [1.82, 2.24) is 14.6 Å². The topological polar surface area (TPSA) is 79.5 Å². The lowest BCUT2D eigenvalue weighted by atomic mass is 9.52. The van der Waals surface area contributed by atoms with Crippen LogP contribution in [0.15, 0.2) is 16.7 Å². The Kier molecular flexibility index (Phi) is 3.61. The summed E-state index contributed by atoms with van der Waals surface area (Å²) >= 11 is 9.59. The minimum atomic E-state index is -0.692. The Balaban J connectivity index is 1.61. The third kappa shape index (κ3) is 2.13. The zero-order valence-electron chi connectivity index (χ0n) is 14.3. The highest BCUT2D eigenvalue weighted by atomic mass is 79.9. The van der Waals surface area contributed by atoms with E-state index in [2.05, 4.69) is 38.3 Å². The molecule has 2 bridgehead atoms. The zero-order valence-corrected chi connectivity index (χ0v) is 16.7. The van der Waals surface area contributed by atoms with Crippen molar-refractivity contribution in [2.75, 3.05) is 5.32 Å². The number of aliphatic carboxylic acids is 1. The molecular weight excluding hydrogens is 420 g/mol. The second-order valence-corrected chi connectivity index (χ2v) is 9.11. The van der Waals surface area contributed by atoms with Crippen LogP contribution in [0.4, 0.5) is 5.82 Å². The summed E-state index contributed by atoms with van der Waals surface area (Å²) in [6.45, 7) is 2.20. The number of nitrogens with zero attached hydrogens (tertiary/aromatic N) is 3. The van der Waals surface area contributed by atoms with E-state index in [9.17, 15) is 9.90 Å². The Bertz CT molecular complexity index is 918. The number of anilines is 1. The minimum Gasteiger partial charge on any atom is -0.481 e. The molecule has 0 spiro atoms. The van der Waals surface area contributed by atoms with Gasteiger partial charge < -0.3 is 10.4 Å². The molecule has 2 aromatic rings. The molecule has 6 rings (SSSR count). The van der Waals surface area contributed by atoms with E-state index in [-0.39, 0.29) is 28.6 Å². The van der Waals surface area contributed by atoms with Crippen molar-refractivity contribution in [2.24, 2.45) is 29.1 Å². The number of nitrogens with one attached hydrogen (secondary N) is 1. The maximum absolute atomic E-state index is 12.2. The second-order valence-electron chi connectivity index (χ2n) is 7.96. The number of carboxylic acids is 1. The van der Waals surface area contributed by atoms with E-state index in [0.717, 1.165) is 29.4 Å². The number of hydrogen-bond donors (Lipinski definition) is 2. The van der Waals surface area contributed by atoms with Gasteiger partial charge in [0, 0.05) is 6.04 Å². The zero-order chi connectivity index (χ0) is 18.2. The van der Waals surface area contributed by atoms with Crippen LogP contribution in [0.25, 0.3) is 5.52 Å². The van der Waals surface area contributed by atoms with Crippen LogP contribution in [-0.4, -0.2) is 31.7 Å². The van der Waals surface area contributed by atoms with Gasteiger partial charge in [0.2, 0.25) is 5.28 Å². The Morgan fingerprint density at radius 2 is 2.31 bits per heavy atom. The first kappa shape index (κ1) is 16.8. The molecule has 138 valence electrons. The molecule has 4 aliphatic rings. The molecule has 0 radical (unpaired) electrons. The van der Waals surface area contributed by atoms with E-state index in [4.69, 9.17) is 11.6 Å². The van der Waals surface area contributed by atoms with Crippen LogP contribution in [0.1, 0.15) is 32.6 Å². The number of fused-ring (bicyclic) bond motifs is 3. The first-order chi connectivity index (χ1) is 12.5. The normalized spacial score (nSPS) is 37.6. The molecule has 2 aromatic heterocycles. The average Bonchev–Trinajstić information content (AvgIpc) is 3.36. The summed E-state index contributed by atoms with van der Waals surface area (Å²) in [7, 11) is 0. The maximum Gasteiger partial charge on any atom is 0.308 e. The summed E-state index contributed by atoms with van der Waals surface area (Å²) in [4.78, 5) is 16.6. The van der Waals surface area contributed by atoms with E-state index < -0.39 is 5.97 Å². The van der Waals surface area contributed by atoms with Gasteiger partial charge in [0.1, 0.15) is 10.1 Å². The van der Waals surface area contributed by atoms with Crippen LogP contribution in [0.2, 0.25) is 5.28 Å². The third-order valence-electron chi connectivity index (χ3n) is 7.19. The lowest BCUT2D eigenvalue weighted by Gasteiger charge is -2.55. The van der Waals surface area contributed by atoms with Gasteiger partial charge in [0.25, 0.3) is 0 Å². The van der Waals surface area contributed by atoms with Crippen LogP contribution in [0.3, 0.4) is 0 Å². The Morgan fingerprint density at radius 1 is 1.50 bits per heavy atom. The summed E-state index contributed by atoms with van der Waals surface area (Å²) in [5, 5.41) is 17.9. The van der Waals surface area contributed by atoms with E-state index >= 15 is 0 Å². The van der Waals surface area contributed by atoms with Gasteiger partial charge in [-0.25, -0.2) is 4.52 Å². The molecule has 0 aromatic carbocycles. The van der Waals surface area contributed by atoms with Gasteiger partial charge in [-0.05, 0) is 88.5 Å². The molecule has 2 unspecified atom stereocenters. The lowest BCUT2D eigenvalue weighted by molar-refractivity contribution is -0.152. The van der Waals surface area contributed by atoms with Gasteiger partial charge in [-0.3, -0.25) is 4.79 Å². The molecule has 0 aliphatic heterocycles. The SMILES string of the molecule is CC[C@@]12CC[C@@H](C3CC31)[C@H](C(=O)O)[C@@H]2Nc1nc(Cl)nn2c(Br)ccc12. The van der Waals surface area contributed by atoms with E-state index in [1.807, 2.05) is 12.1 Å². The number of halogens is 2. The molecule has 4 aliphatic carbocycles. The van der Waals surface area contributed by atoms with Gasteiger partial charge in [0.15, 0.2) is 5.82 Å². The van der Waals surface area contributed by atoms with E-state index in [1.165, 1.54) is 6.42 Å². The number of aromatic nitrogens is 3. The Labute approximate surface area is 164 Å². The molecule has 26 heavy (non-hydrogen) atoms. The predicted octanol–water partition coefficient (Wildman–Crippen LogP) is 4.08. The van der Waals surface area contributed by atoms with Crippen LogP contribution in [0.5, 0.6) is 0 Å². The smallest absolute Gasteiger partial charge is 0.308 e. The standard InChI is InChI=1S/C18H20BrClN4O2/c1-2-18-6-5-8(9-7-10(9)18)13(16(25)26)14(18)21-15-11-3-4-12(19)24(11)23-17(20)22-15/h3-4,8-10,13-14H,2,5-7H2,1H3,(H,25,26)(H,21,22,23)/t8-,9?,10?,13-,14-,18+/m0/s1. The Hall–Kier alpha value is -1.34. The number of carbonyl (C=O) groups is 1. The van der Waals surface area contributed by atoms with Gasteiger partial charge in [-0.1, -0.05) is 6.92 Å². The molecule has 2 heterocycles. The van der Waals surface area contributed by atoms with Crippen LogP contribution < -0.4 is 5.32 Å². The predicted molar refractivity (Wildman–Crippen MR) is 101 cm³/mol. The summed E-state index contributed by atoms with van der Waals surface area (Å²) in [6.07, 6.45) is 4.29. The van der Waals surface area contributed by atoms with Crippen molar-refractivity contribution in [2.45, 2.75) is 38.6 Å². The van der Waals surface area contributed by atoms with Crippen LogP contribution in [-0.2, 0) is 4.79 Å². The van der Waals surface area contributed by atoms with Crippen LogP contribution in [0, 0.1) is 29.1 Å². The van der Waals surface area contributed by atoms with Crippen LogP contribution >= 0.6 is 27.5 Å². The maximum atomic E-state index is 12.2. The minimum absolute atomic E-state index is 0.0285. The summed E-state index contributed by atoms with van der Waals surface area (Å²) in [5.74, 6) is 1.06. The molecule has 0 saturated heterocycles. The van der Waals surface area contributed by atoms with Crippen molar-refractivity contribution in [3.8, 4) is 0 Å². The fourth-order valence-corrected chi connectivity index (χ4v) is 6.59. The van der Waals surface area contributed by atoms with Crippen molar-refractivity contribution in [1.29, 1.82) is 0 Å². The highest BCUT2D eigenvalue weighted by Crippen LogP contribution is 2.71. The lowest BCUT2D eigenvalue weighted by Crippen LogP contribution is -2.59. The van der Waals surface area contributed by atoms with Gasteiger partial charge in [-0.15, -0.1) is 5.10 Å². The molecule has 4 saturated carbocycles. The quantitative estimate of drug-likeness (QED) is 0.750. The fraction of sp³-hybridized carbons (Fsp3) is 0.611. The molecular formula is C18H20BrClN4O2. The van der Waals surface area contributed by atoms with E-state index in [1.54, 1.807) is 4.52 Å². The number of carboxylic acid groups (broad SMARTS) is 1. The van der Waals surface area contributed by atoms with Crippen molar-refractivity contribution >= 4 is 44.8 Å². The largest absolute Gasteiger partial charge is 0.481 e. The molecule has 6 atom stereocenters. The monoisotopic (exact) mass is 438 g/mol. The highest BCUT2D eigenvalue weighted by molar-refractivity contribution is 9.10. The number of rotatable bonds is 4. The van der Waals surface area contributed by atoms with Gasteiger partial charge >= 0.3 is 5.97 Å². The van der Waals surface area contributed by atoms with Gasteiger partial charge in [0.05, 0.1) is 5.92 Å². The van der Waals surface area contributed by atoms with Crippen molar-refractivity contribution < 1.29 is 9.90 Å². The summed E-state index contributed by atoms with van der Waals surface area (Å²) in [5.41, 5.74) is 0.825. The fourth-order valence-electron chi connectivity index (χ4n) is 6.03. The van der Waals surface area contributed by atoms with Gasteiger partial charge in [-0.2, -0.15) is 4.98 Å². The molecule has 2 N–H and O–H groups in total. The van der Waals surface area contributed by atoms with Crippen molar-refractivity contribution in [3.05, 3.63) is 22.0 Å². The first-order valence-corrected chi connectivity index (χ1v) is 10.3. The first-order valence-electron chi connectivity index (χ1n) is 9.16. The van der Waals surface area contributed by atoms with Crippen molar-refractivity contribution in [3.63, 3.8) is 0 Å².